The first-order valence-electron chi connectivity index (χ1n) is 5.20. The van der Waals surface area contributed by atoms with Crippen LogP contribution in [0.3, 0.4) is 0 Å². The number of alkyl halides is 3. The molecule has 1 aromatic rings. The summed E-state index contributed by atoms with van der Waals surface area (Å²) in [5.41, 5.74) is 0.924. The van der Waals surface area contributed by atoms with Crippen LogP contribution in [0.5, 0.6) is 5.75 Å². The van der Waals surface area contributed by atoms with Crippen LogP contribution in [0.15, 0.2) is 18.2 Å². The van der Waals surface area contributed by atoms with Gasteiger partial charge < -0.3 is 21.3 Å². The van der Waals surface area contributed by atoms with Gasteiger partial charge >= 0.3 is 12.1 Å². The lowest BCUT2D eigenvalue weighted by atomic mass is 10.0. The van der Waals surface area contributed by atoms with Crippen LogP contribution < -0.4 is 11.1 Å². The number of anilines is 1. The Kier molecular flexibility index (Phi) is 3.94. The minimum atomic E-state index is -5.00. The summed E-state index contributed by atoms with van der Waals surface area (Å²) in [7, 11) is 0. The van der Waals surface area contributed by atoms with E-state index in [1.807, 2.05) is 0 Å². The van der Waals surface area contributed by atoms with Crippen LogP contribution in [0.25, 0.3) is 0 Å². The molecule has 1 atom stereocenters. The monoisotopic (exact) mass is 292 g/mol. The first kappa shape index (κ1) is 15.8. The van der Waals surface area contributed by atoms with Crippen molar-refractivity contribution in [3.8, 4) is 5.75 Å². The van der Waals surface area contributed by atoms with Gasteiger partial charge in [-0.1, -0.05) is 0 Å². The van der Waals surface area contributed by atoms with Gasteiger partial charge in [-0.05, 0) is 25.1 Å². The molecular weight excluding hydrogens is 281 g/mol. The predicted molar refractivity (Wildman–Crippen MR) is 62.3 cm³/mol. The fraction of sp³-hybridized carbons (Fsp3) is 0.273. The molecule has 5 N–H and O–H groups in total. The van der Waals surface area contributed by atoms with E-state index in [2.05, 4.69) is 0 Å². The van der Waals surface area contributed by atoms with E-state index in [0.717, 1.165) is 18.2 Å². The largest absolute Gasteiger partial charge is 0.506 e. The summed E-state index contributed by atoms with van der Waals surface area (Å²) in [6, 6.07) is 2.78. The van der Waals surface area contributed by atoms with E-state index in [1.165, 1.54) is 0 Å². The van der Waals surface area contributed by atoms with Crippen LogP contribution in [0.2, 0.25) is 0 Å². The van der Waals surface area contributed by atoms with Crippen LogP contribution >= 0.6 is 0 Å². The second kappa shape index (κ2) is 5.00. The zero-order valence-corrected chi connectivity index (χ0v) is 10.2. The lowest BCUT2D eigenvalue weighted by molar-refractivity contribution is -0.184. The van der Waals surface area contributed by atoms with Crippen molar-refractivity contribution in [2.24, 2.45) is 5.73 Å². The zero-order chi connectivity index (χ0) is 15.7. The molecule has 110 valence electrons. The Balaban J connectivity index is 3.08. The second-order valence-electron chi connectivity index (χ2n) is 4.19. The molecule has 0 aliphatic heterocycles. The molecule has 0 aromatic heterocycles. The third-order valence-electron chi connectivity index (χ3n) is 2.55. The molecule has 1 rings (SSSR count). The smallest absolute Gasteiger partial charge is 0.415 e. The first-order valence-corrected chi connectivity index (χ1v) is 5.20. The van der Waals surface area contributed by atoms with Crippen molar-refractivity contribution < 1.29 is 33.0 Å². The van der Waals surface area contributed by atoms with Gasteiger partial charge in [-0.3, -0.25) is 4.79 Å². The highest BCUT2D eigenvalue weighted by Crippen LogP contribution is 2.31. The average molecular weight is 292 g/mol. The minimum absolute atomic E-state index is 0.316. The summed E-state index contributed by atoms with van der Waals surface area (Å²) >= 11 is 0. The van der Waals surface area contributed by atoms with Gasteiger partial charge in [0.25, 0.3) is 5.91 Å². The van der Waals surface area contributed by atoms with Crippen molar-refractivity contribution in [1.29, 1.82) is 0 Å². The summed E-state index contributed by atoms with van der Waals surface area (Å²) in [6.07, 6.45) is -5.00. The molecule has 1 aromatic carbocycles. The second-order valence-corrected chi connectivity index (χ2v) is 4.19. The van der Waals surface area contributed by atoms with E-state index >= 15 is 0 Å². The highest BCUT2D eigenvalue weighted by Gasteiger charge is 2.54. The molecule has 6 nitrogen and oxygen atoms in total. The van der Waals surface area contributed by atoms with E-state index in [-0.39, 0.29) is 5.56 Å². The predicted octanol–water partition coefficient (Wildman–Crippen LogP) is 1.31. The number of benzene rings is 1. The molecule has 9 heteroatoms. The summed E-state index contributed by atoms with van der Waals surface area (Å²) in [5.74, 6) is -3.57. The standard InChI is InChI=1S/C11H11F3N2O4/c1-10(15,11(12,13)14)9(20)16-6-4-5(8(18)19)2-3-7(6)17/h2-4,17H,15H2,1H3,(H,16,20)(H,18,19). The Morgan fingerprint density at radius 1 is 1.30 bits per heavy atom. The van der Waals surface area contributed by atoms with Gasteiger partial charge in [0.1, 0.15) is 5.75 Å². The Bertz CT molecular complexity index is 555. The molecular formula is C11H11F3N2O4. The number of nitrogens with two attached hydrogens (primary N) is 1. The maximum Gasteiger partial charge on any atom is 0.415 e. The number of amides is 1. The summed E-state index contributed by atoms with van der Waals surface area (Å²) in [4.78, 5) is 22.2. The molecule has 20 heavy (non-hydrogen) atoms. The number of phenols is 1. The third kappa shape index (κ3) is 2.99. The number of carbonyl (C=O) groups is 2. The van der Waals surface area contributed by atoms with Gasteiger partial charge in [0.05, 0.1) is 11.3 Å². The number of rotatable bonds is 3. The number of carboxylic acids is 1. The van der Waals surface area contributed by atoms with Crippen LogP contribution in [0.1, 0.15) is 17.3 Å². The Morgan fingerprint density at radius 3 is 2.30 bits per heavy atom. The Morgan fingerprint density at radius 2 is 1.85 bits per heavy atom. The van der Waals surface area contributed by atoms with Crippen LogP contribution in [0.4, 0.5) is 18.9 Å². The van der Waals surface area contributed by atoms with E-state index in [1.54, 1.807) is 5.32 Å². The Hall–Kier alpha value is -2.29. The molecule has 0 saturated heterocycles. The number of aromatic hydroxyl groups is 1. The Labute approximate surface area is 111 Å². The number of hydrogen-bond donors (Lipinski definition) is 4. The molecule has 0 aliphatic carbocycles. The van der Waals surface area contributed by atoms with Gasteiger partial charge in [-0.2, -0.15) is 13.2 Å². The number of carbonyl (C=O) groups excluding carboxylic acids is 1. The number of phenolic OH excluding ortho intramolecular Hbond substituents is 1. The molecule has 0 aliphatic rings. The molecule has 1 amide bonds. The molecule has 0 fully saturated rings. The van der Waals surface area contributed by atoms with Crippen LogP contribution in [-0.4, -0.2) is 33.8 Å². The average Bonchev–Trinajstić information content (AvgIpc) is 2.29. The first-order chi connectivity index (χ1) is 8.96. The minimum Gasteiger partial charge on any atom is -0.506 e. The van der Waals surface area contributed by atoms with Crippen LogP contribution in [0, 0.1) is 0 Å². The quantitative estimate of drug-likeness (QED) is 0.627. The lowest BCUT2D eigenvalue weighted by Gasteiger charge is -2.26. The van der Waals surface area contributed by atoms with Gasteiger partial charge in [-0.25, -0.2) is 4.79 Å². The van der Waals surface area contributed by atoms with Crippen molar-refractivity contribution in [1.82, 2.24) is 0 Å². The van der Waals surface area contributed by atoms with Crippen molar-refractivity contribution in [2.45, 2.75) is 18.6 Å². The highest BCUT2D eigenvalue weighted by molar-refractivity contribution is 6.00. The number of aromatic carboxylic acids is 1. The van der Waals surface area contributed by atoms with Gasteiger partial charge in [0, 0.05) is 0 Å². The number of hydrogen-bond acceptors (Lipinski definition) is 4. The molecule has 0 spiro atoms. The van der Waals surface area contributed by atoms with Crippen LogP contribution in [-0.2, 0) is 4.79 Å². The highest BCUT2D eigenvalue weighted by atomic mass is 19.4. The van der Waals surface area contributed by atoms with Gasteiger partial charge in [0.15, 0.2) is 5.54 Å². The number of halogens is 3. The SMILES string of the molecule is CC(N)(C(=O)Nc1cc(C(=O)O)ccc1O)C(F)(F)F. The molecule has 0 bridgehead atoms. The third-order valence-corrected chi connectivity index (χ3v) is 2.55. The summed E-state index contributed by atoms with van der Waals surface area (Å²) in [5, 5.41) is 19.9. The fourth-order valence-corrected chi connectivity index (χ4v) is 1.15. The fourth-order valence-electron chi connectivity index (χ4n) is 1.15. The lowest BCUT2D eigenvalue weighted by Crippen LogP contribution is -2.59. The van der Waals surface area contributed by atoms with Gasteiger partial charge in [0.2, 0.25) is 0 Å². The molecule has 0 heterocycles. The van der Waals surface area contributed by atoms with Gasteiger partial charge in [-0.15, -0.1) is 0 Å². The maximum atomic E-state index is 12.6. The maximum absolute atomic E-state index is 12.6. The van der Waals surface area contributed by atoms with E-state index in [9.17, 15) is 27.9 Å². The van der Waals surface area contributed by atoms with Crippen molar-refractivity contribution >= 4 is 17.6 Å². The molecule has 0 saturated carbocycles. The van der Waals surface area contributed by atoms with Crippen molar-refractivity contribution in [2.75, 3.05) is 5.32 Å². The zero-order valence-electron chi connectivity index (χ0n) is 10.2. The summed E-state index contributed by atoms with van der Waals surface area (Å²) < 4.78 is 37.7. The number of carboxylic acid groups (broad SMARTS) is 1. The van der Waals surface area contributed by atoms with E-state index in [0.29, 0.717) is 6.92 Å². The normalized spacial score (nSPS) is 14.4. The number of nitrogens with one attached hydrogen (secondary N) is 1. The van der Waals surface area contributed by atoms with Crippen molar-refractivity contribution in [3.05, 3.63) is 23.8 Å². The van der Waals surface area contributed by atoms with E-state index < -0.39 is 35.0 Å². The molecule has 1 unspecified atom stereocenters. The topological polar surface area (TPSA) is 113 Å². The molecule has 0 radical (unpaired) electrons. The summed E-state index contributed by atoms with van der Waals surface area (Å²) in [6.45, 7) is 0.459. The van der Waals surface area contributed by atoms with Crippen molar-refractivity contribution in [3.63, 3.8) is 0 Å². The van der Waals surface area contributed by atoms with E-state index in [4.69, 9.17) is 10.8 Å².